The summed E-state index contributed by atoms with van der Waals surface area (Å²) < 4.78 is 21.7. The van der Waals surface area contributed by atoms with E-state index in [1.54, 1.807) is 0 Å². The average molecular weight is 388 g/mol. The molecule has 0 atom stereocenters. The highest BCUT2D eigenvalue weighted by molar-refractivity contribution is 7.48. The molecule has 0 radical (unpaired) electrons. The number of hydrogen-bond donors (Lipinski definition) is 1. The Morgan fingerprint density at radius 2 is 1.14 bits per heavy atom. The van der Waals surface area contributed by atoms with Crippen LogP contribution in [0.2, 0.25) is 20.1 Å². The molecule has 0 heterocycles. The number of phosphoric ester groups is 1. The maximum atomic E-state index is 11.9. The Morgan fingerprint density at radius 1 is 0.762 bits per heavy atom. The number of benzene rings is 2. The van der Waals surface area contributed by atoms with Crippen molar-refractivity contribution in [2.75, 3.05) is 0 Å². The fraction of sp³-hybridized carbons (Fsp3) is 0. The van der Waals surface area contributed by atoms with Crippen LogP contribution in [-0.2, 0) is 4.57 Å². The summed E-state index contributed by atoms with van der Waals surface area (Å²) in [6, 6.07) is 8.22. The van der Waals surface area contributed by atoms with E-state index >= 15 is 0 Å². The topological polar surface area (TPSA) is 55.8 Å². The molecule has 0 saturated carbocycles. The lowest BCUT2D eigenvalue weighted by Crippen LogP contribution is -1.99. The van der Waals surface area contributed by atoms with Gasteiger partial charge in [-0.3, -0.25) is 4.89 Å². The monoisotopic (exact) mass is 386 g/mol. The Bertz CT molecular complexity index is 665. The van der Waals surface area contributed by atoms with Crippen molar-refractivity contribution in [1.82, 2.24) is 0 Å². The molecule has 2 aromatic carbocycles. The standard InChI is InChI=1S/C12H7Cl4O4P/c13-9-3-1-7(5-11(9)15)19-21(17,18)20-8-2-4-10(14)12(16)6-8/h1-6H,(H,17,18). The van der Waals surface area contributed by atoms with Crippen molar-refractivity contribution in [3.05, 3.63) is 56.5 Å². The lowest BCUT2D eigenvalue weighted by molar-refractivity contribution is 0.291. The molecule has 0 saturated heterocycles. The molecule has 0 aliphatic heterocycles. The zero-order chi connectivity index (χ0) is 15.6. The molecule has 0 fully saturated rings. The van der Waals surface area contributed by atoms with Crippen molar-refractivity contribution in [3.8, 4) is 11.5 Å². The second-order valence-corrected chi connectivity index (χ2v) is 6.73. The van der Waals surface area contributed by atoms with E-state index in [1.165, 1.54) is 36.4 Å². The fourth-order valence-corrected chi connectivity index (χ4v) is 2.73. The molecule has 4 nitrogen and oxygen atoms in total. The third-order valence-corrected chi connectivity index (χ3v) is 4.58. The molecule has 0 bridgehead atoms. The molecular formula is C12H7Cl4O4P. The largest absolute Gasteiger partial charge is 0.584 e. The van der Waals surface area contributed by atoms with Crippen LogP contribution < -0.4 is 9.05 Å². The molecule has 2 rings (SSSR count). The van der Waals surface area contributed by atoms with Gasteiger partial charge in [-0.15, -0.1) is 0 Å². The highest BCUT2D eigenvalue weighted by Gasteiger charge is 2.25. The van der Waals surface area contributed by atoms with Gasteiger partial charge in [0.25, 0.3) is 0 Å². The van der Waals surface area contributed by atoms with Gasteiger partial charge in [-0.05, 0) is 24.3 Å². The van der Waals surface area contributed by atoms with E-state index < -0.39 is 7.82 Å². The highest BCUT2D eigenvalue weighted by Crippen LogP contribution is 2.46. The maximum absolute atomic E-state index is 11.9. The van der Waals surface area contributed by atoms with Crippen molar-refractivity contribution in [1.29, 1.82) is 0 Å². The van der Waals surface area contributed by atoms with Crippen molar-refractivity contribution in [2.24, 2.45) is 0 Å². The van der Waals surface area contributed by atoms with Crippen LogP contribution in [-0.4, -0.2) is 4.89 Å². The van der Waals surface area contributed by atoms with Crippen LogP contribution in [0.1, 0.15) is 0 Å². The molecule has 0 spiro atoms. The first kappa shape index (κ1) is 16.8. The summed E-state index contributed by atoms with van der Waals surface area (Å²) in [5.74, 6) is 0.0746. The van der Waals surface area contributed by atoms with Gasteiger partial charge in [-0.1, -0.05) is 46.4 Å². The fourth-order valence-electron chi connectivity index (χ4n) is 1.35. The first-order valence-corrected chi connectivity index (χ1v) is 8.40. The zero-order valence-corrected chi connectivity index (χ0v) is 14.0. The Labute approximate surface area is 140 Å². The van der Waals surface area contributed by atoms with Crippen LogP contribution >= 0.6 is 54.2 Å². The van der Waals surface area contributed by atoms with E-state index in [1.807, 2.05) is 0 Å². The summed E-state index contributed by atoms with van der Waals surface area (Å²) in [6.07, 6.45) is 0. The van der Waals surface area contributed by atoms with Crippen LogP contribution in [0.5, 0.6) is 11.5 Å². The van der Waals surface area contributed by atoms with Crippen LogP contribution in [0.3, 0.4) is 0 Å². The zero-order valence-electron chi connectivity index (χ0n) is 10.1. The lowest BCUT2D eigenvalue weighted by Gasteiger charge is -2.14. The molecule has 0 aliphatic carbocycles. The molecule has 0 aliphatic rings. The number of hydrogen-bond acceptors (Lipinski definition) is 3. The third-order valence-electron chi connectivity index (χ3n) is 2.22. The van der Waals surface area contributed by atoms with Crippen molar-refractivity contribution >= 4 is 54.2 Å². The summed E-state index contributed by atoms with van der Waals surface area (Å²) in [5.41, 5.74) is 0. The maximum Gasteiger partial charge on any atom is 0.584 e. The molecular weight excluding hydrogens is 381 g/mol. The minimum atomic E-state index is -4.41. The summed E-state index contributed by atoms with van der Waals surface area (Å²) in [5, 5.41) is 0.955. The Hall–Kier alpha value is -0.610. The van der Waals surface area contributed by atoms with E-state index in [0.717, 1.165) is 0 Å². The predicted molar refractivity (Wildman–Crippen MR) is 84.0 cm³/mol. The van der Waals surface area contributed by atoms with E-state index in [-0.39, 0.29) is 21.5 Å². The van der Waals surface area contributed by atoms with Gasteiger partial charge in [0.15, 0.2) is 0 Å². The summed E-state index contributed by atoms with van der Waals surface area (Å²) >= 11 is 23.0. The summed E-state index contributed by atoms with van der Waals surface area (Å²) in [6.45, 7) is 0. The lowest BCUT2D eigenvalue weighted by atomic mass is 10.3. The molecule has 112 valence electrons. The predicted octanol–water partition coefficient (Wildman–Crippen LogP) is 5.86. The van der Waals surface area contributed by atoms with E-state index in [0.29, 0.717) is 10.0 Å². The Kier molecular flexibility index (Phi) is 5.31. The Morgan fingerprint density at radius 3 is 1.48 bits per heavy atom. The quantitative estimate of drug-likeness (QED) is 0.667. The van der Waals surface area contributed by atoms with Gasteiger partial charge in [-0.2, -0.15) is 0 Å². The molecule has 0 amide bonds. The number of phosphoric acid groups is 1. The number of rotatable bonds is 4. The first-order valence-electron chi connectivity index (χ1n) is 5.39. The van der Waals surface area contributed by atoms with Gasteiger partial charge in [0.2, 0.25) is 0 Å². The van der Waals surface area contributed by atoms with Gasteiger partial charge in [0, 0.05) is 12.1 Å². The highest BCUT2D eigenvalue weighted by atomic mass is 35.5. The Balaban J connectivity index is 2.15. The minimum absolute atomic E-state index is 0.0373. The molecule has 0 aromatic heterocycles. The molecule has 1 N–H and O–H groups in total. The van der Waals surface area contributed by atoms with Crippen LogP contribution in [0, 0.1) is 0 Å². The average Bonchev–Trinajstić information content (AvgIpc) is 2.37. The van der Waals surface area contributed by atoms with E-state index in [4.69, 9.17) is 55.5 Å². The third kappa shape index (κ3) is 4.68. The molecule has 9 heteroatoms. The van der Waals surface area contributed by atoms with Crippen molar-refractivity contribution in [2.45, 2.75) is 0 Å². The van der Waals surface area contributed by atoms with Gasteiger partial charge in [0.05, 0.1) is 20.1 Å². The molecule has 2 aromatic rings. The van der Waals surface area contributed by atoms with Gasteiger partial charge in [0.1, 0.15) is 11.5 Å². The van der Waals surface area contributed by atoms with Crippen LogP contribution in [0.25, 0.3) is 0 Å². The SMILES string of the molecule is O=P(O)(Oc1ccc(Cl)c(Cl)c1)Oc1ccc(Cl)c(Cl)c1. The second kappa shape index (κ2) is 6.66. The second-order valence-electron chi connectivity index (χ2n) is 3.80. The summed E-state index contributed by atoms with van der Waals surface area (Å²) in [4.78, 5) is 9.70. The number of halogens is 4. The summed E-state index contributed by atoms with van der Waals surface area (Å²) in [7, 11) is -4.41. The smallest absolute Gasteiger partial charge is 0.395 e. The van der Waals surface area contributed by atoms with E-state index in [9.17, 15) is 9.46 Å². The minimum Gasteiger partial charge on any atom is -0.395 e. The van der Waals surface area contributed by atoms with Crippen LogP contribution in [0.15, 0.2) is 36.4 Å². The van der Waals surface area contributed by atoms with Crippen molar-refractivity contribution < 1.29 is 18.5 Å². The molecule has 21 heavy (non-hydrogen) atoms. The van der Waals surface area contributed by atoms with Crippen molar-refractivity contribution in [3.63, 3.8) is 0 Å². The molecule has 0 unspecified atom stereocenters. The van der Waals surface area contributed by atoms with Crippen LogP contribution in [0.4, 0.5) is 0 Å². The van der Waals surface area contributed by atoms with Gasteiger partial charge in [-0.25, -0.2) is 4.57 Å². The van der Waals surface area contributed by atoms with E-state index in [2.05, 4.69) is 0 Å². The van der Waals surface area contributed by atoms with Gasteiger partial charge < -0.3 is 9.05 Å². The first-order chi connectivity index (χ1) is 9.77. The van der Waals surface area contributed by atoms with Gasteiger partial charge >= 0.3 is 7.82 Å². The normalized spacial score (nSPS) is 11.3.